The molecule has 1 aliphatic rings. The normalized spacial score (nSPS) is 29.8. The largest absolute Gasteiger partial charge is 0.389 e. The maximum absolute atomic E-state index is 11.8. The molecule has 2 atom stereocenters. The van der Waals surface area contributed by atoms with Crippen molar-refractivity contribution in [2.45, 2.75) is 17.9 Å². The third kappa shape index (κ3) is 2.56. The molecule has 78 valence electrons. The zero-order valence-electron chi connectivity index (χ0n) is 6.48. The van der Waals surface area contributed by atoms with Crippen molar-refractivity contribution >= 4 is 10.0 Å². The molecule has 0 aromatic carbocycles. The molecular weight excluding hydrogens is 208 g/mol. The van der Waals surface area contributed by atoms with E-state index in [-0.39, 0.29) is 13.2 Å². The first-order valence-electron chi connectivity index (χ1n) is 3.48. The topological polar surface area (TPSA) is 75.6 Å². The van der Waals surface area contributed by atoms with E-state index in [0.717, 1.165) is 0 Å². The minimum atomic E-state index is -4.64. The molecule has 5 nitrogen and oxygen atoms in total. The van der Waals surface area contributed by atoms with Gasteiger partial charge >= 0.3 is 5.76 Å². The van der Waals surface area contributed by atoms with Crippen LogP contribution in [0.3, 0.4) is 0 Å². The number of hydrogen-bond donors (Lipinski definition) is 2. The minimum absolute atomic E-state index is 0.0452. The van der Waals surface area contributed by atoms with E-state index in [0.29, 0.717) is 0 Å². The van der Waals surface area contributed by atoms with Crippen molar-refractivity contribution in [1.82, 2.24) is 4.72 Å². The third-order valence-corrected chi connectivity index (χ3v) is 2.70. The smallest absolute Gasteiger partial charge is 0.350 e. The Labute approximate surface area is 73.7 Å². The lowest BCUT2D eigenvalue weighted by Gasteiger charge is -2.13. The fourth-order valence-electron chi connectivity index (χ4n) is 0.918. The molecule has 1 fully saturated rings. The van der Waals surface area contributed by atoms with E-state index < -0.39 is 27.9 Å². The number of sulfonamides is 1. The summed E-state index contributed by atoms with van der Waals surface area (Å²) in [5.41, 5.74) is 0. The molecule has 8 heteroatoms. The molecule has 0 amide bonds. The van der Waals surface area contributed by atoms with Crippen LogP contribution in [0.15, 0.2) is 0 Å². The van der Waals surface area contributed by atoms with Gasteiger partial charge in [-0.2, -0.15) is 8.78 Å². The molecule has 0 spiro atoms. The first kappa shape index (κ1) is 10.8. The Hall–Kier alpha value is -0.310. The predicted molar refractivity (Wildman–Crippen MR) is 38.7 cm³/mol. The number of nitrogens with one attached hydrogen (secondary N) is 1. The van der Waals surface area contributed by atoms with Gasteiger partial charge in [0.05, 0.1) is 25.4 Å². The van der Waals surface area contributed by atoms with E-state index in [2.05, 4.69) is 4.74 Å². The van der Waals surface area contributed by atoms with Crippen molar-refractivity contribution in [2.75, 3.05) is 13.2 Å². The molecule has 0 aromatic heterocycles. The van der Waals surface area contributed by atoms with E-state index in [9.17, 15) is 17.2 Å². The van der Waals surface area contributed by atoms with Gasteiger partial charge in [0.2, 0.25) is 0 Å². The van der Waals surface area contributed by atoms with Crippen molar-refractivity contribution in [2.24, 2.45) is 0 Å². The summed E-state index contributed by atoms with van der Waals surface area (Å²) in [6.07, 6.45) is -1.06. The van der Waals surface area contributed by atoms with E-state index >= 15 is 0 Å². The van der Waals surface area contributed by atoms with Crippen LogP contribution >= 0.6 is 0 Å². The molecule has 0 bridgehead atoms. The number of hydrogen-bond acceptors (Lipinski definition) is 4. The highest BCUT2D eigenvalue weighted by atomic mass is 32.2. The van der Waals surface area contributed by atoms with Crippen molar-refractivity contribution in [1.29, 1.82) is 0 Å². The molecular formula is C5H9F2NO4S. The van der Waals surface area contributed by atoms with Crippen LogP contribution in [0.1, 0.15) is 0 Å². The Kier molecular flexibility index (Phi) is 3.17. The molecule has 1 heterocycles. The lowest BCUT2D eigenvalue weighted by Crippen LogP contribution is -2.44. The lowest BCUT2D eigenvalue weighted by atomic mass is 10.2. The van der Waals surface area contributed by atoms with E-state index in [1.165, 1.54) is 0 Å². The van der Waals surface area contributed by atoms with Gasteiger partial charge in [-0.25, -0.2) is 13.1 Å². The summed E-state index contributed by atoms with van der Waals surface area (Å²) in [4.78, 5) is 0. The van der Waals surface area contributed by atoms with Crippen molar-refractivity contribution < 1.29 is 27.0 Å². The molecule has 0 saturated carbocycles. The zero-order chi connectivity index (χ0) is 10.1. The van der Waals surface area contributed by atoms with Gasteiger partial charge in [-0.15, -0.1) is 0 Å². The Bertz CT molecular complexity index is 268. The molecule has 0 aliphatic carbocycles. The SMILES string of the molecule is O=S(=O)(NC1COCC1O)C(F)F. The van der Waals surface area contributed by atoms with Gasteiger partial charge in [-0.05, 0) is 0 Å². The lowest BCUT2D eigenvalue weighted by molar-refractivity contribution is 0.123. The second-order valence-electron chi connectivity index (χ2n) is 2.63. The van der Waals surface area contributed by atoms with E-state index in [1.54, 1.807) is 4.72 Å². The molecule has 0 aromatic rings. The van der Waals surface area contributed by atoms with Gasteiger partial charge in [-0.1, -0.05) is 0 Å². The van der Waals surface area contributed by atoms with Gasteiger partial charge in [0.1, 0.15) is 0 Å². The van der Waals surface area contributed by atoms with E-state index in [4.69, 9.17) is 5.11 Å². The maximum atomic E-state index is 11.8. The summed E-state index contributed by atoms with van der Waals surface area (Å²) in [6.45, 7) is -0.135. The fraction of sp³-hybridized carbons (Fsp3) is 1.00. The van der Waals surface area contributed by atoms with Crippen LogP contribution in [0.4, 0.5) is 8.78 Å². The predicted octanol–water partition coefficient (Wildman–Crippen LogP) is -1.11. The van der Waals surface area contributed by atoms with Crippen LogP contribution in [0.5, 0.6) is 0 Å². The average Bonchev–Trinajstić information content (AvgIpc) is 2.35. The molecule has 1 rings (SSSR count). The summed E-state index contributed by atoms with van der Waals surface area (Å²) in [7, 11) is -4.64. The Balaban J connectivity index is 2.58. The molecule has 0 radical (unpaired) electrons. The Morgan fingerprint density at radius 3 is 2.46 bits per heavy atom. The van der Waals surface area contributed by atoms with Crippen molar-refractivity contribution in [3.05, 3.63) is 0 Å². The number of aliphatic hydroxyl groups excluding tert-OH is 1. The summed E-state index contributed by atoms with van der Waals surface area (Å²) in [5.74, 6) is -3.49. The second-order valence-corrected chi connectivity index (χ2v) is 4.32. The van der Waals surface area contributed by atoms with Crippen LogP contribution < -0.4 is 4.72 Å². The first-order chi connectivity index (χ1) is 5.93. The summed E-state index contributed by atoms with van der Waals surface area (Å²) in [6, 6.07) is -0.973. The van der Waals surface area contributed by atoms with Gasteiger partial charge in [-0.3, -0.25) is 0 Å². The summed E-state index contributed by atoms with van der Waals surface area (Å²) in [5, 5.41) is 9.04. The van der Waals surface area contributed by atoms with E-state index in [1.807, 2.05) is 0 Å². The van der Waals surface area contributed by atoms with Crippen LogP contribution in [0.25, 0.3) is 0 Å². The highest BCUT2D eigenvalue weighted by Gasteiger charge is 2.34. The molecule has 2 N–H and O–H groups in total. The number of aliphatic hydroxyl groups is 1. The minimum Gasteiger partial charge on any atom is -0.389 e. The molecule has 13 heavy (non-hydrogen) atoms. The van der Waals surface area contributed by atoms with Crippen molar-refractivity contribution in [3.8, 4) is 0 Å². The Morgan fingerprint density at radius 2 is 2.08 bits per heavy atom. The number of rotatable bonds is 3. The van der Waals surface area contributed by atoms with Crippen LogP contribution in [-0.4, -0.2) is 44.6 Å². The Morgan fingerprint density at radius 1 is 1.46 bits per heavy atom. The van der Waals surface area contributed by atoms with Crippen LogP contribution in [-0.2, 0) is 14.8 Å². The fourth-order valence-corrected chi connectivity index (χ4v) is 1.67. The highest BCUT2D eigenvalue weighted by Crippen LogP contribution is 2.09. The van der Waals surface area contributed by atoms with Gasteiger partial charge in [0, 0.05) is 0 Å². The molecule has 1 saturated heterocycles. The van der Waals surface area contributed by atoms with Gasteiger partial charge < -0.3 is 9.84 Å². The zero-order valence-corrected chi connectivity index (χ0v) is 7.30. The maximum Gasteiger partial charge on any atom is 0.350 e. The van der Waals surface area contributed by atoms with Gasteiger partial charge in [0.15, 0.2) is 0 Å². The molecule has 2 unspecified atom stereocenters. The average molecular weight is 217 g/mol. The number of halogens is 2. The third-order valence-electron chi connectivity index (χ3n) is 1.60. The first-order valence-corrected chi connectivity index (χ1v) is 5.03. The number of alkyl halides is 2. The summed E-state index contributed by atoms with van der Waals surface area (Å²) < 4.78 is 51.2. The van der Waals surface area contributed by atoms with Crippen LogP contribution in [0.2, 0.25) is 0 Å². The molecule has 1 aliphatic heterocycles. The standard InChI is InChI=1S/C5H9F2NO4S/c6-5(7)13(10,11)8-3-1-12-2-4(3)9/h3-5,8-9H,1-2H2. The second kappa shape index (κ2) is 3.82. The number of ether oxygens (including phenoxy) is 1. The van der Waals surface area contributed by atoms with Crippen molar-refractivity contribution in [3.63, 3.8) is 0 Å². The highest BCUT2D eigenvalue weighted by molar-refractivity contribution is 7.89. The quantitative estimate of drug-likeness (QED) is 0.628. The van der Waals surface area contributed by atoms with Gasteiger partial charge in [0.25, 0.3) is 10.0 Å². The van der Waals surface area contributed by atoms with Crippen LogP contribution in [0, 0.1) is 0 Å². The monoisotopic (exact) mass is 217 g/mol. The summed E-state index contributed by atoms with van der Waals surface area (Å²) >= 11 is 0.